The van der Waals surface area contributed by atoms with Crippen molar-refractivity contribution in [2.45, 2.75) is 51.6 Å². The molecule has 0 spiro atoms. The number of hydrogen-bond donors (Lipinski definition) is 2. The fraction of sp³-hybridized carbons (Fsp3) is 0.429. The first-order chi connectivity index (χ1) is 12.8. The van der Waals surface area contributed by atoms with Crippen LogP contribution in [0.5, 0.6) is 0 Å². The Bertz CT molecular complexity index is 956. The zero-order valence-corrected chi connectivity index (χ0v) is 15.1. The van der Waals surface area contributed by atoms with Crippen LogP contribution in [0.1, 0.15) is 36.1 Å². The number of fused-ring (bicyclic) bond motifs is 3. The number of rotatable bonds is 6. The molecule has 0 saturated carbocycles. The maximum absolute atomic E-state index is 9.11. The molecule has 0 amide bonds. The Morgan fingerprint density at radius 1 is 1.08 bits per heavy atom. The van der Waals surface area contributed by atoms with E-state index >= 15 is 0 Å². The summed E-state index contributed by atoms with van der Waals surface area (Å²) in [7, 11) is 0. The van der Waals surface area contributed by atoms with Crippen LogP contribution in [-0.2, 0) is 32.4 Å². The van der Waals surface area contributed by atoms with Crippen molar-refractivity contribution < 1.29 is 5.11 Å². The molecule has 0 radical (unpaired) electrons. The second-order valence-corrected chi connectivity index (χ2v) is 7.08. The Hall–Kier alpha value is -2.40. The largest absolute Gasteiger partial charge is 0.396 e. The summed E-state index contributed by atoms with van der Waals surface area (Å²) in [5.74, 6) is 0. The van der Waals surface area contributed by atoms with Crippen molar-refractivity contribution in [3.63, 3.8) is 0 Å². The van der Waals surface area contributed by atoms with Gasteiger partial charge in [0.05, 0.1) is 11.7 Å². The molecule has 2 N–H and O–H groups in total. The van der Waals surface area contributed by atoms with Crippen molar-refractivity contribution >= 4 is 11.0 Å². The summed E-state index contributed by atoms with van der Waals surface area (Å²) in [4.78, 5) is 4.74. The predicted octanol–water partition coefficient (Wildman–Crippen LogP) is 2.82. The summed E-state index contributed by atoms with van der Waals surface area (Å²) in [6, 6.07) is 10.6. The quantitative estimate of drug-likeness (QED) is 0.718. The second kappa shape index (κ2) is 7.46. The molecule has 1 aromatic carbocycles. The van der Waals surface area contributed by atoms with Gasteiger partial charge < -0.3 is 14.2 Å². The molecule has 0 saturated heterocycles. The lowest BCUT2D eigenvalue weighted by Gasteiger charge is -2.15. The van der Waals surface area contributed by atoms with Gasteiger partial charge in [0.15, 0.2) is 0 Å². The molecule has 1 aliphatic carbocycles. The number of aliphatic hydroxyl groups excluding tert-OH is 1. The number of aliphatic hydroxyl groups is 1. The molecular weight excluding hydrogens is 324 g/mol. The lowest BCUT2D eigenvalue weighted by Crippen LogP contribution is -2.22. The van der Waals surface area contributed by atoms with Gasteiger partial charge in [-0.15, -0.1) is 0 Å². The van der Waals surface area contributed by atoms with Gasteiger partial charge in [0.1, 0.15) is 11.1 Å². The second-order valence-electron chi connectivity index (χ2n) is 7.08. The number of nitrogens with one attached hydrogen (secondary N) is 1. The molecule has 0 fully saturated rings. The van der Waals surface area contributed by atoms with Gasteiger partial charge in [0, 0.05) is 25.4 Å². The van der Waals surface area contributed by atoms with Gasteiger partial charge in [0.25, 0.3) is 0 Å². The van der Waals surface area contributed by atoms with Crippen LogP contribution in [0.2, 0.25) is 0 Å². The average molecular weight is 350 g/mol. The zero-order valence-electron chi connectivity index (χ0n) is 15.1. The van der Waals surface area contributed by atoms with Gasteiger partial charge >= 0.3 is 0 Å². The van der Waals surface area contributed by atoms with Crippen LogP contribution < -0.4 is 5.49 Å². The minimum Gasteiger partial charge on any atom is -0.396 e. The predicted molar refractivity (Wildman–Crippen MR) is 102 cm³/mol. The Labute approximate surface area is 153 Å². The van der Waals surface area contributed by atoms with E-state index in [1.54, 1.807) is 6.33 Å². The highest BCUT2D eigenvalue weighted by atomic mass is 16.3. The van der Waals surface area contributed by atoms with Crippen molar-refractivity contribution in [3.8, 4) is 0 Å². The highest BCUT2D eigenvalue weighted by Gasteiger charge is 2.22. The smallest absolute Gasteiger partial charge is 0.145 e. The van der Waals surface area contributed by atoms with E-state index in [1.165, 1.54) is 29.7 Å². The third-order valence-corrected chi connectivity index (χ3v) is 5.41. The lowest BCUT2D eigenvalue weighted by atomic mass is 9.96. The molecule has 3 aromatic rings. The van der Waals surface area contributed by atoms with Crippen LogP contribution in [0.25, 0.3) is 11.0 Å². The molecule has 5 heteroatoms. The Morgan fingerprint density at radius 2 is 1.88 bits per heavy atom. The summed E-state index contributed by atoms with van der Waals surface area (Å²) in [5, 5.41) is 18.8. The van der Waals surface area contributed by atoms with Gasteiger partial charge in [-0.2, -0.15) is 0 Å². The summed E-state index contributed by atoms with van der Waals surface area (Å²) in [6.45, 7) is 1.69. The zero-order chi connectivity index (χ0) is 17.9. The van der Waals surface area contributed by atoms with Crippen molar-refractivity contribution in [2.75, 3.05) is 6.61 Å². The van der Waals surface area contributed by atoms with E-state index in [1.807, 2.05) is 4.57 Å². The van der Waals surface area contributed by atoms with Gasteiger partial charge in [-0.3, -0.25) is 5.41 Å². The highest BCUT2D eigenvalue weighted by Crippen LogP contribution is 2.29. The molecule has 2 aromatic heterocycles. The third-order valence-electron chi connectivity index (χ3n) is 5.41. The molecule has 0 unspecified atom stereocenters. The van der Waals surface area contributed by atoms with Gasteiger partial charge in [-0.05, 0) is 49.7 Å². The summed E-state index contributed by atoms with van der Waals surface area (Å²) in [5.41, 5.74) is 5.54. The normalized spacial score (nSPS) is 13.9. The van der Waals surface area contributed by atoms with Crippen molar-refractivity contribution in [1.82, 2.24) is 14.1 Å². The number of hydrogen-bond acceptors (Lipinski definition) is 3. The number of nitrogens with zero attached hydrogens (tertiary/aromatic N) is 3. The summed E-state index contributed by atoms with van der Waals surface area (Å²) in [6.07, 6.45) is 7.93. The fourth-order valence-electron chi connectivity index (χ4n) is 4.10. The maximum atomic E-state index is 9.11. The molecule has 0 bridgehead atoms. The first-order valence-corrected chi connectivity index (χ1v) is 9.58. The first kappa shape index (κ1) is 17.0. The topological polar surface area (TPSA) is 66.8 Å². The summed E-state index contributed by atoms with van der Waals surface area (Å²) < 4.78 is 4.22. The van der Waals surface area contributed by atoms with Crippen molar-refractivity contribution in [2.24, 2.45) is 0 Å². The van der Waals surface area contributed by atoms with Crippen LogP contribution in [0.3, 0.4) is 0 Å². The molecule has 4 rings (SSSR count). The molecule has 0 aliphatic heterocycles. The van der Waals surface area contributed by atoms with E-state index in [0.717, 1.165) is 36.8 Å². The van der Waals surface area contributed by atoms with E-state index in [-0.39, 0.29) is 6.61 Å². The standard InChI is InChI=1S/C21H26N4O/c22-20-19-17-9-4-5-10-18(17)25(13-11-16-7-2-1-3-8-16)21(19)23-15-24(20)12-6-14-26/h1-3,7-8,15,22,26H,4-6,9-14H2. The number of aryl methyl sites for hydroxylation is 4. The fourth-order valence-corrected chi connectivity index (χ4v) is 4.10. The molecule has 5 nitrogen and oxygen atoms in total. The highest BCUT2D eigenvalue weighted by molar-refractivity contribution is 5.81. The maximum Gasteiger partial charge on any atom is 0.145 e. The minimum atomic E-state index is 0.140. The first-order valence-electron chi connectivity index (χ1n) is 9.58. The Morgan fingerprint density at radius 3 is 2.69 bits per heavy atom. The van der Waals surface area contributed by atoms with E-state index < -0.39 is 0 Å². The lowest BCUT2D eigenvalue weighted by molar-refractivity contribution is 0.278. The van der Waals surface area contributed by atoms with E-state index in [0.29, 0.717) is 18.5 Å². The number of benzene rings is 1. The molecule has 26 heavy (non-hydrogen) atoms. The molecule has 2 heterocycles. The van der Waals surface area contributed by atoms with Crippen LogP contribution in [0, 0.1) is 5.41 Å². The Balaban J connectivity index is 1.77. The third kappa shape index (κ3) is 3.07. The average Bonchev–Trinajstić information content (AvgIpc) is 3.01. The van der Waals surface area contributed by atoms with E-state index in [2.05, 4.69) is 34.9 Å². The molecule has 1 aliphatic rings. The molecule has 136 valence electrons. The van der Waals surface area contributed by atoms with E-state index in [4.69, 9.17) is 15.5 Å². The van der Waals surface area contributed by atoms with Crippen LogP contribution >= 0.6 is 0 Å². The number of aromatic nitrogens is 3. The van der Waals surface area contributed by atoms with E-state index in [9.17, 15) is 0 Å². The van der Waals surface area contributed by atoms with Crippen LogP contribution in [-0.4, -0.2) is 25.8 Å². The molecular formula is C21H26N4O. The van der Waals surface area contributed by atoms with Crippen molar-refractivity contribution in [3.05, 3.63) is 59.0 Å². The van der Waals surface area contributed by atoms with Crippen molar-refractivity contribution in [1.29, 1.82) is 5.41 Å². The monoisotopic (exact) mass is 350 g/mol. The van der Waals surface area contributed by atoms with Crippen LogP contribution in [0.4, 0.5) is 0 Å². The molecule has 0 atom stereocenters. The minimum absolute atomic E-state index is 0.140. The summed E-state index contributed by atoms with van der Waals surface area (Å²) >= 11 is 0. The van der Waals surface area contributed by atoms with Gasteiger partial charge in [-0.25, -0.2) is 4.98 Å². The van der Waals surface area contributed by atoms with Gasteiger partial charge in [0.2, 0.25) is 0 Å². The SMILES string of the molecule is N=c1c2c3c(n(CCc4ccccc4)c2ncn1CCCO)CCCC3. The van der Waals surface area contributed by atoms with Crippen LogP contribution in [0.15, 0.2) is 36.7 Å². The Kier molecular flexibility index (Phi) is 4.89. The van der Waals surface area contributed by atoms with Gasteiger partial charge in [-0.1, -0.05) is 30.3 Å².